The summed E-state index contributed by atoms with van der Waals surface area (Å²) in [5.41, 5.74) is 4.24. The van der Waals surface area contributed by atoms with E-state index in [4.69, 9.17) is 4.74 Å². The number of esters is 1. The van der Waals surface area contributed by atoms with Crippen LogP contribution in [0.2, 0.25) is 0 Å². The third kappa shape index (κ3) is 5.16. The molecule has 36 heavy (non-hydrogen) atoms. The number of carbonyl (C=O) groups is 2. The molecule has 4 aromatic rings. The van der Waals surface area contributed by atoms with Crippen molar-refractivity contribution in [1.29, 1.82) is 0 Å². The van der Waals surface area contributed by atoms with Crippen LogP contribution in [0.4, 0.5) is 5.00 Å². The Morgan fingerprint density at radius 1 is 1.17 bits per heavy atom. The number of allylic oxidation sites excluding steroid dienone is 1. The summed E-state index contributed by atoms with van der Waals surface area (Å²) in [4.78, 5) is 27.8. The van der Waals surface area contributed by atoms with Crippen LogP contribution in [0.5, 0.6) is 0 Å². The minimum Gasteiger partial charge on any atom is -0.465 e. The van der Waals surface area contributed by atoms with Crippen molar-refractivity contribution in [3.63, 3.8) is 0 Å². The van der Waals surface area contributed by atoms with E-state index < -0.39 is 5.97 Å². The van der Waals surface area contributed by atoms with Gasteiger partial charge in [0.25, 0.3) is 0 Å². The van der Waals surface area contributed by atoms with E-state index >= 15 is 0 Å². The van der Waals surface area contributed by atoms with Crippen LogP contribution in [0.25, 0.3) is 22.5 Å². The summed E-state index contributed by atoms with van der Waals surface area (Å²) in [5.74, 6) is 0.130. The van der Waals surface area contributed by atoms with Gasteiger partial charge in [0.1, 0.15) is 10.6 Å². The first-order valence-electron chi connectivity index (χ1n) is 11.1. The van der Waals surface area contributed by atoms with E-state index in [1.54, 1.807) is 17.4 Å². The quantitative estimate of drug-likeness (QED) is 0.152. The van der Waals surface area contributed by atoms with Gasteiger partial charge in [0, 0.05) is 32.8 Å². The molecule has 0 saturated heterocycles. The summed E-state index contributed by atoms with van der Waals surface area (Å²) in [7, 11) is 1.34. The second-order valence-corrected chi connectivity index (χ2v) is 11.2. The van der Waals surface area contributed by atoms with E-state index in [0.717, 1.165) is 27.4 Å². The van der Waals surface area contributed by atoms with Gasteiger partial charge in [0.2, 0.25) is 5.91 Å². The molecule has 4 rings (SSSR count). The van der Waals surface area contributed by atoms with Gasteiger partial charge in [-0.2, -0.15) is 0 Å². The highest BCUT2D eigenvalue weighted by molar-refractivity contribution is 7.99. The number of hydrogen-bond donors (Lipinski definition) is 1. The molecular formula is C26H26N4O3S3. The van der Waals surface area contributed by atoms with E-state index in [9.17, 15) is 9.59 Å². The van der Waals surface area contributed by atoms with Gasteiger partial charge < -0.3 is 10.1 Å². The van der Waals surface area contributed by atoms with Crippen molar-refractivity contribution in [2.24, 2.45) is 0 Å². The molecule has 0 fully saturated rings. The van der Waals surface area contributed by atoms with E-state index in [0.29, 0.717) is 22.3 Å². The summed E-state index contributed by atoms with van der Waals surface area (Å²) < 4.78 is 7.00. The Hall–Kier alpha value is -3.21. The van der Waals surface area contributed by atoms with Crippen molar-refractivity contribution in [1.82, 2.24) is 14.8 Å². The average Bonchev–Trinajstić information content (AvgIpc) is 3.53. The Balaban J connectivity index is 1.56. The van der Waals surface area contributed by atoms with Gasteiger partial charge in [0.05, 0.1) is 12.9 Å². The Labute approximate surface area is 222 Å². The van der Waals surface area contributed by atoms with Crippen LogP contribution in [-0.2, 0) is 16.1 Å². The van der Waals surface area contributed by atoms with E-state index in [1.807, 2.05) is 41.8 Å². The summed E-state index contributed by atoms with van der Waals surface area (Å²) in [6, 6.07) is 9.61. The smallest absolute Gasteiger partial charge is 0.341 e. The van der Waals surface area contributed by atoms with Gasteiger partial charge in [-0.3, -0.25) is 9.36 Å². The molecular weight excluding hydrogens is 513 g/mol. The van der Waals surface area contributed by atoms with Crippen molar-refractivity contribution >= 4 is 51.3 Å². The van der Waals surface area contributed by atoms with Gasteiger partial charge in [-0.25, -0.2) is 4.79 Å². The van der Waals surface area contributed by atoms with E-state index in [1.165, 1.54) is 40.6 Å². The largest absolute Gasteiger partial charge is 0.465 e. The predicted molar refractivity (Wildman–Crippen MR) is 148 cm³/mol. The summed E-state index contributed by atoms with van der Waals surface area (Å²) >= 11 is 4.32. The Bertz CT molecular complexity index is 1420. The molecule has 0 radical (unpaired) electrons. The Morgan fingerprint density at radius 3 is 2.56 bits per heavy atom. The van der Waals surface area contributed by atoms with E-state index in [-0.39, 0.29) is 11.7 Å². The van der Waals surface area contributed by atoms with Gasteiger partial charge in [0.15, 0.2) is 11.0 Å². The SMILES string of the molecule is C=CCn1c(SCC(=O)Nc2sc(C)c(-c3ccccc3)c2C(=O)OC)nnc1-c1csc(C)c1C. The molecule has 186 valence electrons. The van der Waals surface area contributed by atoms with Gasteiger partial charge in [-0.05, 0) is 31.9 Å². The van der Waals surface area contributed by atoms with Crippen LogP contribution in [0, 0.1) is 20.8 Å². The molecule has 0 aliphatic heterocycles. The minimum absolute atomic E-state index is 0.106. The lowest BCUT2D eigenvalue weighted by Crippen LogP contribution is -2.16. The lowest BCUT2D eigenvalue weighted by molar-refractivity contribution is -0.113. The van der Waals surface area contributed by atoms with Crippen molar-refractivity contribution in [3.05, 3.63) is 69.2 Å². The highest BCUT2D eigenvalue weighted by atomic mass is 32.2. The first-order valence-corrected chi connectivity index (χ1v) is 13.8. The number of thioether (sulfide) groups is 1. The fourth-order valence-electron chi connectivity index (χ4n) is 3.80. The Morgan fingerprint density at radius 2 is 1.92 bits per heavy atom. The number of carbonyl (C=O) groups excluding carboxylic acids is 2. The van der Waals surface area contributed by atoms with Crippen LogP contribution < -0.4 is 5.32 Å². The molecule has 10 heteroatoms. The predicted octanol–water partition coefficient (Wildman–Crippen LogP) is 6.36. The average molecular weight is 539 g/mol. The van der Waals surface area contributed by atoms with E-state index in [2.05, 4.69) is 41.3 Å². The molecule has 0 unspecified atom stereocenters. The highest BCUT2D eigenvalue weighted by Gasteiger charge is 2.25. The number of anilines is 1. The Kier molecular flexibility index (Phi) is 8.07. The molecule has 0 atom stereocenters. The maximum Gasteiger partial charge on any atom is 0.341 e. The van der Waals surface area contributed by atoms with Crippen molar-refractivity contribution in [3.8, 4) is 22.5 Å². The zero-order chi connectivity index (χ0) is 25.8. The van der Waals surface area contributed by atoms with Crippen molar-refractivity contribution in [2.45, 2.75) is 32.5 Å². The second kappa shape index (κ2) is 11.2. The molecule has 3 heterocycles. The molecule has 1 N–H and O–H groups in total. The third-order valence-electron chi connectivity index (χ3n) is 5.68. The van der Waals surface area contributed by atoms with Crippen LogP contribution >= 0.6 is 34.4 Å². The monoisotopic (exact) mass is 538 g/mol. The number of nitrogens with zero attached hydrogens (tertiary/aromatic N) is 3. The standard InChI is InChI=1S/C26H26N4O3S3/c1-6-12-30-23(19-13-34-16(3)15(19)2)28-29-26(30)35-14-20(31)27-24-22(25(32)33-5)21(17(4)36-24)18-10-8-7-9-11-18/h6-11,13H,1,12,14H2,2-5H3,(H,27,31). The minimum atomic E-state index is -0.488. The van der Waals surface area contributed by atoms with Crippen molar-refractivity contribution in [2.75, 3.05) is 18.2 Å². The number of aryl methyl sites for hydroxylation is 2. The van der Waals surface area contributed by atoms with Crippen LogP contribution in [0.1, 0.15) is 25.7 Å². The number of amides is 1. The fraction of sp³-hybridized carbons (Fsp3) is 0.231. The zero-order valence-electron chi connectivity index (χ0n) is 20.5. The lowest BCUT2D eigenvalue weighted by Gasteiger charge is -2.09. The van der Waals surface area contributed by atoms with Crippen LogP contribution in [-0.4, -0.2) is 39.5 Å². The first-order chi connectivity index (χ1) is 17.3. The molecule has 0 spiro atoms. The topological polar surface area (TPSA) is 86.1 Å². The zero-order valence-corrected chi connectivity index (χ0v) is 22.9. The molecule has 1 amide bonds. The highest BCUT2D eigenvalue weighted by Crippen LogP contribution is 2.40. The molecule has 1 aromatic carbocycles. The molecule has 0 saturated carbocycles. The number of hydrogen-bond acceptors (Lipinski definition) is 8. The summed E-state index contributed by atoms with van der Waals surface area (Å²) in [6.45, 7) is 10.5. The molecule has 0 bridgehead atoms. The molecule has 3 aromatic heterocycles. The maximum atomic E-state index is 13.0. The van der Waals surface area contributed by atoms with Gasteiger partial charge >= 0.3 is 5.97 Å². The number of nitrogens with one attached hydrogen (secondary N) is 1. The van der Waals surface area contributed by atoms with Crippen LogP contribution in [0.3, 0.4) is 0 Å². The number of benzene rings is 1. The number of ether oxygens (including phenoxy) is 1. The number of thiophene rings is 2. The number of methoxy groups -OCH3 is 1. The van der Waals surface area contributed by atoms with Gasteiger partial charge in [-0.1, -0.05) is 48.2 Å². The van der Waals surface area contributed by atoms with Crippen LogP contribution in [0.15, 0.2) is 53.5 Å². The molecule has 0 aliphatic rings. The normalized spacial score (nSPS) is 10.9. The third-order valence-corrected chi connectivity index (χ3v) is 8.68. The molecule has 7 nitrogen and oxygen atoms in total. The fourth-order valence-corrected chi connectivity index (χ4v) is 6.49. The van der Waals surface area contributed by atoms with Gasteiger partial charge in [-0.15, -0.1) is 39.4 Å². The summed E-state index contributed by atoms with van der Waals surface area (Å²) in [6.07, 6.45) is 1.79. The lowest BCUT2D eigenvalue weighted by atomic mass is 10.0. The number of aromatic nitrogens is 3. The summed E-state index contributed by atoms with van der Waals surface area (Å²) in [5, 5.41) is 14.8. The number of rotatable bonds is 9. The molecule has 0 aliphatic carbocycles. The second-order valence-electron chi connectivity index (χ2n) is 7.97. The maximum absolute atomic E-state index is 13.0. The first kappa shape index (κ1) is 25.9. The van der Waals surface area contributed by atoms with Crippen molar-refractivity contribution < 1.29 is 14.3 Å².